The summed E-state index contributed by atoms with van der Waals surface area (Å²) in [6, 6.07) is 11.7. The topological polar surface area (TPSA) is 77.0 Å². The second-order valence-corrected chi connectivity index (χ2v) is 7.90. The molecule has 1 unspecified atom stereocenters. The summed E-state index contributed by atoms with van der Waals surface area (Å²) in [5, 5.41) is 9.53. The molecule has 2 aromatic carbocycles. The summed E-state index contributed by atoms with van der Waals surface area (Å²) < 4.78 is 29.1. The molecule has 0 spiro atoms. The van der Waals surface area contributed by atoms with Gasteiger partial charge in [0.05, 0.1) is 18.4 Å². The van der Waals surface area contributed by atoms with Crippen LogP contribution in [0.4, 0.5) is 10.1 Å². The Labute approximate surface area is 203 Å². The number of carbonyl (C=O) groups is 1. The minimum atomic E-state index is -0.578. The zero-order valence-electron chi connectivity index (χ0n) is 21.4. The third-order valence-electron chi connectivity index (χ3n) is 4.77. The van der Waals surface area contributed by atoms with E-state index in [9.17, 15) is 9.18 Å². The molecule has 0 saturated carbocycles. The number of aryl methyl sites for hydroxylation is 1. The molecular weight excluding hydrogens is 445 g/mol. The van der Waals surface area contributed by atoms with Gasteiger partial charge in [-0.25, -0.2) is 4.39 Å². The molecular formula is C25H40FNO5S. The average Bonchev–Trinajstić information content (AvgIpc) is 2.83. The molecule has 2 N–H and O–H groups in total. The fourth-order valence-corrected chi connectivity index (χ4v) is 2.19. The van der Waals surface area contributed by atoms with Gasteiger partial charge in [-0.3, -0.25) is 4.79 Å². The smallest absolute Gasteiger partial charge is 0.255 e. The first kappa shape index (κ1) is 33.0. The van der Waals surface area contributed by atoms with Crippen molar-refractivity contribution in [2.45, 2.75) is 52.1 Å². The van der Waals surface area contributed by atoms with E-state index >= 15 is 0 Å². The summed E-state index contributed by atoms with van der Waals surface area (Å²) >= 11 is 4.30. The molecule has 0 saturated heterocycles. The maximum absolute atomic E-state index is 13.9. The predicted octanol–water partition coefficient (Wildman–Crippen LogP) is 5.73. The maximum atomic E-state index is 13.9. The quantitative estimate of drug-likeness (QED) is 0.360. The Morgan fingerprint density at radius 1 is 0.970 bits per heavy atom. The van der Waals surface area contributed by atoms with Crippen molar-refractivity contribution >= 4 is 24.2 Å². The molecule has 0 heterocycles. The standard InChI is InChI=1S/C15H14FNO2.C7H16O2S.C2H6.CH4O/c1-10-6-8-11(9-7-10)15(18)17-12-4-3-5-13(19-2)14(12)16;1-6(2,8-4)7(3,10)9-5;2*1-2/h3-9H,1-2H3,(H,17,18);10H,1-5H3;1-2H3;2H,1H3. The van der Waals surface area contributed by atoms with E-state index in [-0.39, 0.29) is 22.9 Å². The lowest BCUT2D eigenvalue weighted by atomic mass is 10.0. The highest BCUT2D eigenvalue weighted by Gasteiger charge is 2.38. The van der Waals surface area contributed by atoms with Crippen LogP contribution in [-0.2, 0) is 9.47 Å². The zero-order valence-corrected chi connectivity index (χ0v) is 22.3. The third-order valence-corrected chi connectivity index (χ3v) is 5.49. The SMILES string of the molecule is CC.CO.COC(C)(C)C(C)(S)OC.COc1cccc(NC(=O)c2ccc(C)cc2)c1F. The van der Waals surface area contributed by atoms with Gasteiger partial charge in [0.1, 0.15) is 4.93 Å². The van der Waals surface area contributed by atoms with E-state index in [0.29, 0.717) is 5.56 Å². The second kappa shape index (κ2) is 16.5. The molecule has 2 rings (SSSR count). The minimum absolute atomic E-state index is 0.0988. The first-order valence-corrected chi connectivity index (χ1v) is 10.9. The molecule has 0 aromatic heterocycles. The molecule has 0 aliphatic carbocycles. The number of carbonyl (C=O) groups excluding carboxylic acids is 1. The highest BCUT2D eigenvalue weighted by molar-refractivity contribution is 7.81. The number of amides is 1. The number of rotatable bonds is 6. The van der Waals surface area contributed by atoms with E-state index in [2.05, 4.69) is 17.9 Å². The van der Waals surface area contributed by atoms with Crippen LogP contribution in [0.2, 0.25) is 0 Å². The van der Waals surface area contributed by atoms with Gasteiger partial charge in [0.2, 0.25) is 0 Å². The van der Waals surface area contributed by atoms with Gasteiger partial charge in [-0.15, -0.1) is 12.6 Å². The number of halogens is 1. The summed E-state index contributed by atoms with van der Waals surface area (Å²) in [5.74, 6) is -0.834. The van der Waals surface area contributed by atoms with Crippen molar-refractivity contribution in [1.29, 1.82) is 0 Å². The molecule has 8 heteroatoms. The fraction of sp³-hybridized carbons (Fsp3) is 0.480. The summed E-state index contributed by atoms with van der Waals surface area (Å²) in [6.45, 7) is 11.7. The number of ether oxygens (including phenoxy) is 3. The van der Waals surface area contributed by atoms with Crippen molar-refractivity contribution in [1.82, 2.24) is 0 Å². The van der Waals surface area contributed by atoms with Gasteiger partial charge in [-0.05, 0) is 52.0 Å². The summed E-state index contributed by atoms with van der Waals surface area (Å²) in [4.78, 5) is 11.4. The van der Waals surface area contributed by atoms with Crippen LogP contribution in [0.5, 0.6) is 5.75 Å². The van der Waals surface area contributed by atoms with Crippen LogP contribution in [-0.4, -0.2) is 50.0 Å². The van der Waals surface area contributed by atoms with Crippen molar-refractivity contribution < 1.29 is 28.5 Å². The number of nitrogens with one attached hydrogen (secondary N) is 1. The Bertz CT molecular complexity index is 797. The van der Waals surface area contributed by atoms with Crippen molar-refractivity contribution in [3.63, 3.8) is 0 Å². The van der Waals surface area contributed by atoms with Gasteiger partial charge in [0.25, 0.3) is 5.91 Å². The number of aliphatic hydroxyl groups is 1. The number of hydrogen-bond donors (Lipinski definition) is 3. The Balaban J connectivity index is 0. The number of hydrogen-bond acceptors (Lipinski definition) is 6. The fourth-order valence-electron chi connectivity index (χ4n) is 2.10. The molecule has 33 heavy (non-hydrogen) atoms. The summed E-state index contributed by atoms with van der Waals surface area (Å²) in [7, 11) is 5.64. The molecule has 1 atom stereocenters. The molecule has 6 nitrogen and oxygen atoms in total. The molecule has 0 bridgehead atoms. The number of thiol groups is 1. The van der Waals surface area contributed by atoms with Crippen molar-refractivity contribution in [3.8, 4) is 5.75 Å². The van der Waals surface area contributed by atoms with Crippen LogP contribution in [0, 0.1) is 12.7 Å². The third kappa shape index (κ3) is 10.6. The average molecular weight is 486 g/mol. The Kier molecular flexibility index (Phi) is 16.5. The largest absolute Gasteiger partial charge is 0.494 e. The monoisotopic (exact) mass is 485 g/mol. The zero-order chi connectivity index (χ0) is 26.2. The lowest BCUT2D eigenvalue weighted by Gasteiger charge is -2.37. The number of benzene rings is 2. The van der Waals surface area contributed by atoms with Gasteiger partial charge in [-0.1, -0.05) is 37.6 Å². The molecule has 0 aliphatic rings. The van der Waals surface area contributed by atoms with Crippen LogP contribution in [0.15, 0.2) is 42.5 Å². The molecule has 0 aliphatic heterocycles. The van der Waals surface area contributed by atoms with E-state index < -0.39 is 10.8 Å². The minimum Gasteiger partial charge on any atom is -0.494 e. The highest BCUT2D eigenvalue weighted by Crippen LogP contribution is 2.31. The van der Waals surface area contributed by atoms with Crippen molar-refractivity contribution in [2.24, 2.45) is 0 Å². The molecule has 188 valence electrons. The number of anilines is 1. The van der Waals surface area contributed by atoms with Crippen molar-refractivity contribution in [3.05, 3.63) is 59.4 Å². The van der Waals surface area contributed by atoms with E-state index in [1.807, 2.05) is 53.7 Å². The Morgan fingerprint density at radius 2 is 1.48 bits per heavy atom. The summed E-state index contributed by atoms with van der Waals surface area (Å²) in [6.07, 6.45) is 0. The molecule has 0 radical (unpaired) electrons. The first-order chi connectivity index (χ1) is 15.5. The van der Waals surface area contributed by atoms with Crippen molar-refractivity contribution in [2.75, 3.05) is 33.8 Å². The molecule has 1 amide bonds. The number of methoxy groups -OCH3 is 3. The van der Waals surface area contributed by atoms with Crippen LogP contribution < -0.4 is 10.1 Å². The lowest BCUT2D eigenvalue weighted by Crippen LogP contribution is -2.46. The predicted molar refractivity (Wildman–Crippen MR) is 137 cm³/mol. The normalized spacial score (nSPS) is 11.8. The highest BCUT2D eigenvalue weighted by atomic mass is 32.1. The Morgan fingerprint density at radius 3 is 1.88 bits per heavy atom. The van der Waals surface area contributed by atoms with Gasteiger partial charge in [0, 0.05) is 26.9 Å². The summed E-state index contributed by atoms with van der Waals surface area (Å²) in [5.41, 5.74) is 1.27. The van der Waals surface area contributed by atoms with Gasteiger partial charge in [-0.2, -0.15) is 0 Å². The van der Waals surface area contributed by atoms with Gasteiger partial charge < -0.3 is 24.6 Å². The van der Waals surface area contributed by atoms with E-state index in [0.717, 1.165) is 12.7 Å². The number of aliphatic hydroxyl groups excluding tert-OH is 1. The second-order valence-electron chi connectivity index (χ2n) is 7.04. The van der Waals surface area contributed by atoms with E-state index in [1.165, 1.54) is 19.2 Å². The van der Waals surface area contributed by atoms with Gasteiger partial charge >= 0.3 is 0 Å². The van der Waals surface area contributed by atoms with Gasteiger partial charge in [0.15, 0.2) is 11.6 Å². The van der Waals surface area contributed by atoms with E-state index in [1.54, 1.807) is 32.4 Å². The molecule has 0 fully saturated rings. The van der Waals surface area contributed by atoms with E-state index in [4.69, 9.17) is 19.3 Å². The van der Waals surface area contributed by atoms with Crippen LogP contribution in [0.3, 0.4) is 0 Å². The van der Waals surface area contributed by atoms with Crippen LogP contribution >= 0.6 is 12.6 Å². The Hall–Kier alpha value is -2.13. The van der Waals surface area contributed by atoms with Crippen LogP contribution in [0.25, 0.3) is 0 Å². The lowest BCUT2D eigenvalue weighted by molar-refractivity contribution is -0.105. The molecule has 2 aromatic rings. The van der Waals surface area contributed by atoms with Crippen LogP contribution in [0.1, 0.15) is 50.5 Å². The first-order valence-electron chi connectivity index (χ1n) is 10.5. The maximum Gasteiger partial charge on any atom is 0.255 e.